The van der Waals surface area contributed by atoms with Crippen molar-refractivity contribution < 1.29 is 45.9 Å². The van der Waals surface area contributed by atoms with E-state index in [0.717, 1.165) is 18.3 Å². The molecule has 39 heavy (non-hydrogen) atoms. The summed E-state index contributed by atoms with van der Waals surface area (Å²) in [6.45, 7) is 0.0580. The van der Waals surface area contributed by atoms with Crippen molar-refractivity contribution in [1.82, 2.24) is 20.8 Å². The van der Waals surface area contributed by atoms with Crippen LogP contribution in [0.5, 0.6) is 11.6 Å². The average Bonchev–Trinajstić information content (AvgIpc) is 3.34. The predicted octanol–water partition coefficient (Wildman–Crippen LogP) is 3.70. The minimum Gasteiger partial charge on any atom is -0.484 e. The van der Waals surface area contributed by atoms with Gasteiger partial charge in [0, 0.05) is 22.3 Å². The second kappa shape index (κ2) is 11.5. The maximum Gasteiger partial charge on any atom is 0.291 e. The fourth-order valence-electron chi connectivity index (χ4n) is 3.69. The molecule has 3 aromatic rings. The molecule has 1 aliphatic rings. The van der Waals surface area contributed by atoms with E-state index in [4.69, 9.17) is 30.3 Å². The smallest absolute Gasteiger partial charge is 0.291 e. The van der Waals surface area contributed by atoms with Crippen molar-refractivity contribution in [1.29, 1.82) is 0 Å². The Morgan fingerprint density at radius 2 is 1.92 bits per heavy atom. The van der Waals surface area contributed by atoms with Crippen molar-refractivity contribution in [2.24, 2.45) is 0 Å². The van der Waals surface area contributed by atoms with Crippen LogP contribution in [-0.4, -0.2) is 60.8 Å². The molecule has 208 valence electrons. The first-order valence-corrected chi connectivity index (χ1v) is 11.7. The van der Waals surface area contributed by atoms with Crippen LogP contribution in [0.2, 0.25) is 5.02 Å². The third-order valence-corrected chi connectivity index (χ3v) is 5.92. The van der Waals surface area contributed by atoms with Crippen molar-refractivity contribution in [3.05, 3.63) is 58.6 Å². The molecule has 0 spiro atoms. The Bertz CT molecular complexity index is 1380. The Balaban J connectivity index is 1.51. The standard InChI is InChI=1S/C24H21ClF4N4O6/c1-11(31-23(35)24(9-37-10-24)32-22(34)17-6-19(36-2)33-39-17)20-15(26)3-12(7-30-20)14-4-13(25)5-16(27)21(14)38-8-18(28)29/h3-7,11,18H,8-10H2,1-2H3,(H,31,35)(H,32,34)/t11-/m1/s1. The molecule has 1 saturated heterocycles. The predicted molar refractivity (Wildman–Crippen MR) is 127 cm³/mol. The lowest BCUT2D eigenvalue weighted by Gasteiger charge is -2.40. The van der Waals surface area contributed by atoms with Crippen LogP contribution in [-0.2, 0) is 9.53 Å². The number of halogens is 5. The molecular formula is C24H21ClF4N4O6. The number of aromatic nitrogens is 2. The van der Waals surface area contributed by atoms with Crippen LogP contribution in [0.3, 0.4) is 0 Å². The molecule has 10 nitrogen and oxygen atoms in total. The van der Waals surface area contributed by atoms with Crippen LogP contribution in [0.1, 0.15) is 29.2 Å². The van der Waals surface area contributed by atoms with Crippen molar-refractivity contribution >= 4 is 23.4 Å². The highest BCUT2D eigenvalue weighted by Crippen LogP contribution is 2.36. The number of benzene rings is 1. The summed E-state index contributed by atoms with van der Waals surface area (Å²) in [5.74, 6) is -4.00. The number of pyridine rings is 1. The Kier molecular flexibility index (Phi) is 8.25. The fraction of sp³-hybridized carbons (Fsp3) is 0.333. The molecule has 0 unspecified atom stereocenters. The monoisotopic (exact) mass is 572 g/mol. The van der Waals surface area contributed by atoms with Crippen LogP contribution >= 0.6 is 11.6 Å². The van der Waals surface area contributed by atoms with E-state index in [0.29, 0.717) is 0 Å². The number of carbonyl (C=O) groups is 2. The number of nitrogens with one attached hydrogen (secondary N) is 2. The Morgan fingerprint density at radius 1 is 1.18 bits per heavy atom. The van der Waals surface area contributed by atoms with Crippen LogP contribution in [0, 0.1) is 11.6 Å². The summed E-state index contributed by atoms with van der Waals surface area (Å²) in [7, 11) is 1.34. The van der Waals surface area contributed by atoms with E-state index < -0.39 is 53.8 Å². The second-order valence-electron chi connectivity index (χ2n) is 8.52. The summed E-state index contributed by atoms with van der Waals surface area (Å²) in [6, 6.07) is 3.32. The molecule has 1 atom stereocenters. The number of amides is 2. The molecular weight excluding hydrogens is 552 g/mol. The zero-order chi connectivity index (χ0) is 28.3. The number of nitrogens with zero attached hydrogens (tertiary/aromatic N) is 2. The third-order valence-electron chi connectivity index (χ3n) is 5.71. The van der Waals surface area contributed by atoms with Crippen LogP contribution in [0.25, 0.3) is 11.1 Å². The summed E-state index contributed by atoms with van der Waals surface area (Å²) < 4.78 is 74.5. The molecule has 1 aliphatic heterocycles. The van der Waals surface area contributed by atoms with Gasteiger partial charge in [-0.05, 0) is 30.3 Å². The minimum atomic E-state index is -2.87. The van der Waals surface area contributed by atoms with Gasteiger partial charge in [-0.25, -0.2) is 17.6 Å². The zero-order valence-corrected chi connectivity index (χ0v) is 21.2. The number of alkyl halides is 2. The average molecular weight is 573 g/mol. The van der Waals surface area contributed by atoms with Crippen molar-refractivity contribution in [3.8, 4) is 22.8 Å². The van der Waals surface area contributed by atoms with E-state index in [1.54, 1.807) is 0 Å². The number of carbonyl (C=O) groups excluding carboxylic acids is 2. The lowest BCUT2D eigenvalue weighted by molar-refractivity contribution is -0.147. The van der Waals surface area contributed by atoms with Gasteiger partial charge in [0.15, 0.2) is 17.1 Å². The first-order chi connectivity index (χ1) is 18.5. The van der Waals surface area contributed by atoms with Crippen molar-refractivity contribution in [3.63, 3.8) is 0 Å². The van der Waals surface area contributed by atoms with Gasteiger partial charge < -0.3 is 29.4 Å². The van der Waals surface area contributed by atoms with Crippen molar-refractivity contribution in [2.75, 3.05) is 26.9 Å². The summed E-state index contributed by atoms with van der Waals surface area (Å²) >= 11 is 5.90. The van der Waals surface area contributed by atoms with Crippen LogP contribution in [0.4, 0.5) is 17.6 Å². The quantitative estimate of drug-likeness (QED) is 0.353. The summed E-state index contributed by atoms with van der Waals surface area (Å²) in [5.41, 5.74) is -1.74. The molecule has 2 N–H and O–H groups in total. The first-order valence-electron chi connectivity index (χ1n) is 11.3. The molecule has 3 heterocycles. The number of hydrogen-bond acceptors (Lipinski definition) is 8. The molecule has 2 aromatic heterocycles. The number of methoxy groups -OCH3 is 1. The van der Waals surface area contributed by atoms with E-state index >= 15 is 4.39 Å². The van der Waals surface area contributed by atoms with Gasteiger partial charge in [0.2, 0.25) is 5.76 Å². The minimum absolute atomic E-state index is 0.000875. The van der Waals surface area contributed by atoms with Crippen LogP contribution in [0.15, 0.2) is 35.0 Å². The van der Waals surface area contributed by atoms with Crippen LogP contribution < -0.4 is 20.1 Å². The van der Waals surface area contributed by atoms with Gasteiger partial charge in [0.1, 0.15) is 12.4 Å². The Hall–Kier alpha value is -3.91. The molecule has 2 amide bonds. The topological polar surface area (TPSA) is 125 Å². The van der Waals surface area contributed by atoms with E-state index in [-0.39, 0.29) is 46.7 Å². The SMILES string of the molecule is COc1cc(C(=O)NC2(C(=O)N[C@H](C)c3ncc(-c4cc(Cl)cc(F)c4OCC(F)F)cc3F)COC2)on1. The Morgan fingerprint density at radius 3 is 2.51 bits per heavy atom. The number of hydrogen-bond donors (Lipinski definition) is 2. The number of ether oxygens (including phenoxy) is 3. The first kappa shape index (κ1) is 28.1. The van der Waals surface area contributed by atoms with Gasteiger partial charge in [-0.2, -0.15) is 0 Å². The van der Waals surface area contributed by atoms with Gasteiger partial charge >= 0.3 is 0 Å². The Labute approximate surface area is 223 Å². The summed E-state index contributed by atoms with van der Waals surface area (Å²) in [6.07, 6.45) is -1.72. The van der Waals surface area contributed by atoms with Gasteiger partial charge in [0.05, 0.1) is 38.1 Å². The molecule has 4 rings (SSSR count). The van der Waals surface area contributed by atoms with E-state index in [2.05, 4.69) is 20.8 Å². The van der Waals surface area contributed by atoms with E-state index in [1.807, 2.05) is 0 Å². The molecule has 0 radical (unpaired) electrons. The fourth-order valence-corrected chi connectivity index (χ4v) is 3.90. The molecule has 1 fully saturated rings. The molecule has 0 bridgehead atoms. The zero-order valence-electron chi connectivity index (χ0n) is 20.4. The van der Waals surface area contributed by atoms with Gasteiger partial charge in [-0.1, -0.05) is 11.6 Å². The normalized spacial score (nSPS) is 14.9. The molecule has 0 saturated carbocycles. The highest BCUT2D eigenvalue weighted by molar-refractivity contribution is 6.31. The van der Waals surface area contributed by atoms with Gasteiger partial charge in [-0.15, -0.1) is 0 Å². The summed E-state index contributed by atoms with van der Waals surface area (Å²) in [5, 5.41) is 8.56. The lowest BCUT2D eigenvalue weighted by atomic mass is 9.95. The third kappa shape index (κ3) is 6.06. The largest absolute Gasteiger partial charge is 0.484 e. The van der Waals surface area contributed by atoms with Crippen molar-refractivity contribution in [2.45, 2.75) is 24.9 Å². The second-order valence-corrected chi connectivity index (χ2v) is 8.95. The molecule has 15 heteroatoms. The molecule has 1 aromatic carbocycles. The van der Waals surface area contributed by atoms with E-state index in [1.165, 1.54) is 26.2 Å². The van der Waals surface area contributed by atoms with E-state index in [9.17, 15) is 22.8 Å². The highest BCUT2D eigenvalue weighted by atomic mass is 35.5. The highest BCUT2D eigenvalue weighted by Gasteiger charge is 2.48. The van der Waals surface area contributed by atoms with Gasteiger partial charge in [0.25, 0.3) is 24.1 Å². The molecule has 0 aliphatic carbocycles. The maximum atomic E-state index is 15.1. The number of rotatable bonds is 10. The summed E-state index contributed by atoms with van der Waals surface area (Å²) in [4.78, 5) is 29.6. The lowest BCUT2D eigenvalue weighted by Crippen LogP contribution is -2.70. The van der Waals surface area contributed by atoms with Gasteiger partial charge in [-0.3, -0.25) is 14.6 Å². The maximum absolute atomic E-state index is 15.1.